The Balaban J connectivity index is 0.00000144. The smallest absolute Gasteiger partial charge is 0.341 e. The number of esters is 1. The number of hydrogen-bond acceptors (Lipinski definition) is 7. The second-order valence-corrected chi connectivity index (χ2v) is 4.45. The quantitative estimate of drug-likeness (QED) is 0.728. The van der Waals surface area contributed by atoms with Crippen molar-refractivity contribution in [3.63, 3.8) is 0 Å². The van der Waals surface area contributed by atoms with E-state index in [4.69, 9.17) is 4.74 Å². The van der Waals surface area contributed by atoms with Crippen LogP contribution in [0.2, 0.25) is 0 Å². The topological polar surface area (TPSA) is 108 Å². The van der Waals surface area contributed by atoms with E-state index in [0.717, 1.165) is 12.1 Å². The molecule has 0 saturated carbocycles. The lowest BCUT2D eigenvalue weighted by molar-refractivity contribution is 0.0600. The van der Waals surface area contributed by atoms with Crippen LogP contribution in [0.4, 0.5) is 0 Å². The van der Waals surface area contributed by atoms with Gasteiger partial charge in [0.15, 0.2) is 5.52 Å². The third kappa shape index (κ3) is 3.05. The molecule has 0 aliphatic rings. The van der Waals surface area contributed by atoms with Crippen LogP contribution < -0.4 is 4.74 Å². The number of aryl methyl sites for hydroxylation is 1. The molecule has 1 N–H and O–H groups in total. The zero-order chi connectivity index (χ0) is 15.7. The zero-order valence-corrected chi connectivity index (χ0v) is 12.3. The van der Waals surface area contributed by atoms with Crippen LogP contribution in [0.15, 0.2) is 12.4 Å². The van der Waals surface area contributed by atoms with E-state index in [1.807, 2.05) is 6.92 Å². The highest BCUT2D eigenvalue weighted by molar-refractivity contribution is 5.88. The predicted octanol–water partition coefficient (Wildman–Crippen LogP) is 2.17. The molecule has 24 heavy (non-hydrogen) atoms. The molecule has 0 aliphatic carbocycles. The van der Waals surface area contributed by atoms with Crippen molar-refractivity contribution in [1.82, 2.24) is 29.9 Å². The highest BCUT2D eigenvalue weighted by atomic mass is 16.5. The van der Waals surface area contributed by atoms with Crippen LogP contribution in [0, 0.1) is 0 Å². The summed E-state index contributed by atoms with van der Waals surface area (Å²) in [5.41, 5.74) is 2.41. The van der Waals surface area contributed by atoms with Gasteiger partial charge in [-0.1, -0.05) is 21.8 Å². The molecule has 9 heteroatoms. The zero-order valence-electron chi connectivity index (χ0n) is 12.3. The minimum atomic E-state index is -0.475. The summed E-state index contributed by atoms with van der Waals surface area (Å²) in [4.78, 5) is 20.2. The predicted molar refractivity (Wildman–Crippen MR) is 89.5 cm³/mol. The van der Waals surface area contributed by atoms with Gasteiger partial charge in [-0.15, -0.1) is 0 Å². The first-order valence-electron chi connectivity index (χ1n) is 6.60. The summed E-state index contributed by atoms with van der Waals surface area (Å²) >= 11 is 0. The van der Waals surface area contributed by atoms with Crippen molar-refractivity contribution in [1.29, 1.82) is 0 Å². The van der Waals surface area contributed by atoms with Crippen molar-refractivity contribution in [2.24, 2.45) is 0 Å². The Kier molecular flexibility index (Phi) is 5.99. The van der Waals surface area contributed by atoms with Gasteiger partial charge in [0.1, 0.15) is 5.52 Å². The molecule has 0 bridgehead atoms. The molecule has 3 heterocycles. The number of H-pyrrole nitrogens is 1. The first-order chi connectivity index (χ1) is 10.7. The standard InChI is InChI=1S/C13H14N6O3.2CH4/c1-4-8-9-10(18-17-8)11(21-2)16-13(15-9)19-6-7(5-14-19)12(20)22-3;;/h5-6H,4H2,1-3H3,(H,17,18);2*1H4. The highest BCUT2D eigenvalue weighted by Crippen LogP contribution is 2.23. The number of carbonyl (C=O) groups is 1. The number of ether oxygens (including phenoxy) is 2. The normalized spacial score (nSPS) is 9.96. The first-order valence-corrected chi connectivity index (χ1v) is 6.60. The number of rotatable bonds is 4. The Morgan fingerprint density at radius 1 is 1.25 bits per heavy atom. The van der Waals surface area contributed by atoms with Gasteiger partial charge in [0, 0.05) is 6.20 Å². The maximum absolute atomic E-state index is 11.5. The second kappa shape index (κ2) is 7.53. The second-order valence-electron chi connectivity index (χ2n) is 4.45. The minimum absolute atomic E-state index is 0. The lowest BCUT2D eigenvalue weighted by atomic mass is 10.3. The minimum Gasteiger partial charge on any atom is -0.479 e. The Morgan fingerprint density at radius 2 is 2.00 bits per heavy atom. The monoisotopic (exact) mass is 334 g/mol. The molecule has 0 spiro atoms. The first kappa shape index (κ1) is 19.1. The van der Waals surface area contributed by atoms with Gasteiger partial charge in [0.2, 0.25) is 5.88 Å². The lowest BCUT2D eigenvalue weighted by Crippen LogP contribution is -2.04. The fraction of sp³-hybridized carbons (Fsp3) is 0.400. The van der Waals surface area contributed by atoms with E-state index in [2.05, 4.69) is 30.0 Å². The number of hydrogen-bond donors (Lipinski definition) is 1. The third-order valence-corrected chi connectivity index (χ3v) is 3.18. The average Bonchev–Trinajstić information content (AvgIpc) is 3.19. The largest absolute Gasteiger partial charge is 0.479 e. The van der Waals surface area contributed by atoms with Crippen LogP contribution in [0.5, 0.6) is 5.88 Å². The SMILES string of the molecule is C.C.CCc1[nH]nc2c(OC)nc(-n3cc(C(=O)OC)cn3)nc12. The van der Waals surface area contributed by atoms with E-state index < -0.39 is 5.97 Å². The van der Waals surface area contributed by atoms with E-state index in [1.54, 1.807) is 0 Å². The fourth-order valence-corrected chi connectivity index (χ4v) is 2.06. The molecule has 3 aromatic heterocycles. The maximum atomic E-state index is 11.5. The summed E-state index contributed by atoms with van der Waals surface area (Å²) < 4.78 is 11.3. The van der Waals surface area contributed by atoms with Crippen molar-refractivity contribution in [2.75, 3.05) is 14.2 Å². The van der Waals surface area contributed by atoms with Gasteiger partial charge < -0.3 is 9.47 Å². The Hall–Kier alpha value is -2.97. The molecule has 0 aliphatic heterocycles. The lowest BCUT2D eigenvalue weighted by Gasteiger charge is -2.04. The van der Waals surface area contributed by atoms with Crippen molar-refractivity contribution < 1.29 is 14.3 Å². The van der Waals surface area contributed by atoms with Crippen LogP contribution in [0.1, 0.15) is 37.8 Å². The summed E-state index contributed by atoms with van der Waals surface area (Å²) in [6.45, 7) is 1.99. The van der Waals surface area contributed by atoms with Crippen molar-refractivity contribution in [3.8, 4) is 11.8 Å². The summed E-state index contributed by atoms with van der Waals surface area (Å²) in [6.07, 6.45) is 3.63. The number of carbonyl (C=O) groups excluding carboxylic acids is 1. The molecule has 0 amide bonds. The van der Waals surface area contributed by atoms with E-state index in [1.165, 1.54) is 31.3 Å². The molecule has 3 aromatic rings. The van der Waals surface area contributed by atoms with Gasteiger partial charge in [-0.3, -0.25) is 5.10 Å². The third-order valence-electron chi connectivity index (χ3n) is 3.18. The number of nitrogens with zero attached hydrogens (tertiary/aromatic N) is 5. The molecule has 9 nitrogen and oxygen atoms in total. The molecule has 0 saturated heterocycles. The van der Waals surface area contributed by atoms with Gasteiger partial charge in [0.25, 0.3) is 5.95 Å². The maximum Gasteiger partial charge on any atom is 0.341 e. The van der Waals surface area contributed by atoms with Crippen LogP contribution in [-0.2, 0) is 11.2 Å². The molecular weight excluding hydrogens is 312 g/mol. The van der Waals surface area contributed by atoms with Crippen molar-refractivity contribution in [3.05, 3.63) is 23.7 Å². The summed E-state index contributed by atoms with van der Waals surface area (Å²) in [5.74, 6) is 0.151. The van der Waals surface area contributed by atoms with Gasteiger partial charge in [-0.25, -0.2) is 14.5 Å². The number of fused-ring (bicyclic) bond motifs is 1. The van der Waals surface area contributed by atoms with Gasteiger partial charge >= 0.3 is 5.97 Å². The number of aromatic amines is 1. The van der Waals surface area contributed by atoms with E-state index in [0.29, 0.717) is 22.5 Å². The number of aromatic nitrogens is 6. The molecular formula is C15H22N6O3. The molecule has 3 rings (SSSR count). The molecule has 0 aromatic carbocycles. The number of nitrogens with one attached hydrogen (secondary N) is 1. The fourth-order valence-electron chi connectivity index (χ4n) is 2.06. The van der Waals surface area contributed by atoms with Gasteiger partial charge in [0.05, 0.1) is 31.7 Å². The van der Waals surface area contributed by atoms with E-state index in [-0.39, 0.29) is 20.8 Å². The van der Waals surface area contributed by atoms with Gasteiger partial charge in [-0.2, -0.15) is 15.2 Å². The molecule has 130 valence electrons. The molecule has 0 unspecified atom stereocenters. The molecule has 0 fully saturated rings. The van der Waals surface area contributed by atoms with E-state index in [9.17, 15) is 4.79 Å². The average molecular weight is 334 g/mol. The summed E-state index contributed by atoms with van der Waals surface area (Å²) in [7, 11) is 2.82. The Morgan fingerprint density at radius 3 is 2.62 bits per heavy atom. The molecule has 0 atom stereocenters. The summed E-state index contributed by atoms with van der Waals surface area (Å²) in [6, 6.07) is 0. The highest BCUT2D eigenvalue weighted by Gasteiger charge is 2.17. The number of methoxy groups -OCH3 is 2. The van der Waals surface area contributed by atoms with Crippen LogP contribution in [0.3, 0.4) is 0 Å². The van der Waals surface area contributed by atoms with Crippen LogP contribution >= 0.6 is 0 Å². The van der Waals surface area contributed by atoms with E-state index >= 15 is 0 Å². The Labute approximate surface area is 140 Å². The van der Waals surface area contributed by atoms with Gasteiger partial charge in [-0.05, 0) is 6.42 Å². The molecule has 0 radical (unpaired) electrons. The van der Waals surface area contributed by atoms with Crippen molar-refractivity contribution in [2.45, 2.75) is 28.2 Å². The summed E-state index contributed by atoms with van der Waals surface area (Å²) in [5, 5.41) is 11.2. The Bertz CT molecular complexity index is 839. The van der Waals surface area contributed by atoms with Crippen LogP contribution in [-0.4, -0.2) is 50.1 Å². The van der Waals surface area contributed by atoms with Crippen molar-refractivity contribution >= 4 is 17.0 Å². The van der Waals surface area contributed by atoms with Crippen LogP contribution in [0.25, 0.3) is 17.0 Å².